The summed E-state index contributed by atoms with van der Waals surface area (Å²) in [5.74, 6) is -0.272. The van der Waals surface area contributed by atoms with Gasteiger partial charge in [-0.3, -0.25) is 0 Å². The van der Waals surface area contributed by atoms with Crippen molar-refractivity contribution in [3.05, 3.63) is 45.2 Å². The third-order valence-corrected chi connectivity index (χ3v) is 2.47. The van der Waals surface area contributed by atoms with Gasteiger partial charge in [0.2, 0.25) is 11.8 Å². The van der Waals surface area contributed by atoms with Gasteiger partial charge in [0.1, 0.15) is 0 Å². The summed E-state index contributed by atoms with van der Waals surface area (Å²) in [5.41, 5.74) is -0.0150. The van der Waals surface area contributed by atoms with Crippen molar-refractivity contribution in [1.29, 1.82) is 0 Å². The van der Waals surface area contributed by atoms with Crippen LogP contribution in [0.4, 0.5) is 0 Å². The first-order valence-electron chi connectivity index (χ1n) is 4.13. The molecule has 1 heterocycles. The van der Waals surface area contributed by atoms with E-state index in [1.54, 1.807) is 24.3 Å². The largest absolute Gasteiger partial charge is 0.492 e. The van der Waals surface area contributed by atoms with Crippen molar-refractivity contribution in [3.8, 4) is 17.3 Å². The molecule has 15 heavy (non-hydrogen) atoms. The zero-order chi connectivity index (χ0) is 10.8. The lowest BCUT2D eigenvalue weighted by Crippen LogP contribution is -2.02. The summed E-state index contributed by atoms with van der Waals surface area (Å²) in [4.78, 5) is 15.0. The summed E-state index contributed by atoms with van der Waals surface area (Å²) < 4.78 is 4.83. The fourth-order valence-corrected chi connectivity index (χ4v) is 1.27. The molecule has 0 spiro atoms. The highest BCUT2D eigenvalue weighted by atomic mass is 79.9. The van der Waals surface area contributed by atoms with Crippen molar-refractivity contribution in [3.63, 3.8) is 0 Å². The Bertz CT molecular complexity index is 536. The Labute approximate surface area is 93.3 Å². The van der Waals surface area contributed by atoms with E-state index in [2.05, 4.69) is 20.9 Å². The minimum Gasteiger partial charge on any atom is -0.492 e. The molecule has 0 aliphatic rings. The Hall–Kier alpha value is -1.62. The smallest absolute Gasteiger partial charge is 0.357 e. The summed E-state index contributed by atoms with van der Waals surface area (Å²) in [7, 11) is 0. The van der Waals surface area contributed by atoms with E-state index in [9.17, 15) is 9.90 Å². The second-order valence-electron chi connectivity index (χ2n) is 2.81. The third-order valence-electron chi connectivity index (χ3n) is 1.79. The molecular weight excluding hydrogens is 262 g/mol. The molecule has 0 saturated heterocycles. The van der Waals surface area contributed by atoms with Crippen LogP contribution in [0.1, 0.15) is 0 Å². The van der Waals surface area contributed by atoms with E-state index in [1.165, 1.54) is 0 Å². The maximum Gasteiger partial charge on any atom is 0.357 e. The Morgan fingerprint density at radius 2 is 1.93 bits per heavy atom. The second-order valence-corrected chi connectivity index (χ2v) is 3.60. The third kappa shape index (κ3) is 1.92. The molecule has 1 aromatic heterocycles. The zero-order valence-corrected chi connectivity index (χ0v) is 9.06. The van der Waals surface area contributed by atoms with Crippen LogP contribution in [-0.4, -0.2) is 10.1 Å². The summed E-state index contributed by atoms with van der Waals surface area (Å²) in [6, 6.07) is 8.88. The Morgan fingerprint density at radius 3 is 2.53 bits per heavy atom. The highest BCUT2D eigenvalue weighted by Crippen LogP contribution is 2.22. The van der Waals surface area contributed by atoms with Gasteiger partial charge in [-0.15, -0.1) is 0 Å². The standard InChI is InChI=1S/C10H6BrNO3/c11-7-8(13)12-9(15-10(7)14)6-4-2-1-3-5-6/h1-5,13H. The Balaban J connectivity index is 2.61. The topological polar surface area (TPSA) is 63.3 Å². The molecule has 0 bridgehead atoms. The average Bonchev–Trinajstić information content (AvgIpc) is 2.26. The zero-order valence-electron chi connectivity index (χ0n) is 7.48. The quantitative estimate of drug-likeness (QED) is 0.860. The van der Waals surface area contributed by atoms with Crippen LogP contribution in [-0.2, 0) is 0 Å². The maximum absolute atomic E-state index is 11.2. The summed E-state index contributed by atoms with van der Waals surface area (Å²) in [6.07, 6.45) is 0. The van der Waals surface area contributed by atoms with Crippen LogP contribution in [0.5, 0.6) is 5.88 Å². The summed E-state index contributed by atoms with van der Waals surface area (Å²) in [6.45, 7) is 0. The number of halogens is 1. The van der Waals surface area contributed by atoms with Gasteiger partial charge in [-0.2, -0.15) is 4.98 Å². The highest BCUT2D eigenvalue weighted by molar-refractivity contribution is 9.10. The van der Waals surface area contributed by atoms with Gasteiger partial charge in [0.25, 0.3) is 0 Å². The number of benzene rings is 1. The van der Waals surface area contributed by atoms with Crippen molar-refractivity contribution >= 4 is 15.9 Å². The van der Waals surface area contributed by atoms with Crippen LogP contribution in [0.25, 0.3) is 11.5 Å². The molecule has 1 aromatic carbocycles. The molecule has 4 nitrogen and oxygen atoms in total. The van der Waals surface area contributed by atoms with Gasteiger partial charge in [-0.1, -0.05) is 18.2 Å². The molecule has 0 saturated carbocycles. The van der Waals surface area contributed by atoms with Gasteiger partial charge in [0.05, 0.1) is 0 Å². The van der Waals surface area contributed by atoms with E-state index in [0.717, 1.165) is 0 Å². The van der Waals surface area contributed by atoms with Crippen LogP contribution < -0.4 is 5.63 Å². The summed E-state index contributed by atoms with van der Waals surface area (Å²) in [5, 5.41) is 9.32. The number of rotatable bonds is 1. The number of nitrogens with zero attached hydrogens (tertiary/aromatic N) is 1. The number of aromatic hydroxyl groups is 1. The van der Waals surface area contributed by atoms with Gasteiger partial charge >= 0.3 is 5.63 Å². The van der Waals surface area contributed by atoms with E-state index in [-0.39, 0.29) is 16.2 Å². The lowest BCUT2D eigenvalue weighted by atomic mass is 10.2. The normalized spacial score (nSPS) is 10.2. The second kappa shape index (κ2) is 3.86. The molecule has 5 heteroatoms. The van der Waals surface area contributed by atoms with Gasteiger partial charge in [-0.25, -0.2) is 4.79 Å². The molecule has 0 radical (unpaired) electrons. The highest BCUT2D eigenvalue weighted by Gasteiger charge is 2.10. The number of hydrogen-bond donors (Lipinski definition) is 1. The van der Waals surface area contributed by atoms with Crippen molar-refractivity contribution in [2.45, 2.75) is 0 Å². The van der Waals surface area contributed by atoms with Gasteiger partial charge in [0.15, 0.2) is 4.47 Å². The molecule has 0 unspecified atom stereocenters. The fraction of sp³-hybridized carbons (Fsp3) is 0. The molecule has 0 aliphatic carbocycles. The van der Waals surface area contributed by atoms with E-state index in [4.69, 9.17) is 4.42 Å². The average molecular weight is 268 g/mol. The molecule has 0 atom stereocenters. The molecule has 2 aromatic rings. The van der Waals surface area contributed by atoms with Crippen molar-refractivity contribution < 1.29 is 9.52 Å². The van der Waals surface area contributed by atoms with Crippen molar-refractivity contribution in [1.82, 2.24) is 4.98 Å². The van der Waals surface area contributed by atoms with Crippen LogP contribution in [0.3, 0.4) is 0 Å². The molecule has 0 aliphatic heterocycles. The minimum absolute atomic E-state index is 0.0674. The van der Waals surface area contributed by atoms with Crippen LogP contribution >= 0.6 is 15.9 Å². The fourth-order valence-electron chi connectivity index (χ4n) is 1.10. The maximum atomic E-state index is 11.2. The van der Waals surface area contributed by atoms with Crippen LogP contribution in [0.15, 0.2) is 44.0 Å². The van der Waals surface area contributed by atoms with Crippen LogP contribution in [0.2, 0.25) is 0 Å². The van der Waals surface area contributed by atoms with Crippen LogP contribution in [0, 0.1) is 0 Å². The lowest BCUT2D eigenvalue weighted by Gasteiger charge is -1.99. The molecule has 2 rings (SSSR count). The first kappa shape index (κ1) is 9.92. The van der Waals surface area contributed by atoms with E-state index in [1.807, 2.05) is 6.07 Å². The Morgan fingerprint density at radius 1 is 1.27 bits per heavy atom. The van der Waals surface area contributed by atoms with E-state index < -0.39 is 5.63 Å². The molecule has 0 amide bonds. The predicted molar refractivity (Wildman–Crippen MR) is 57.6 cm³/mol. The summed E-state index contributed by atoms with van der Waals surface area (Å²) >= 11 is 2.87. The molecule has 0 fully saturated rings. The monoisotopic (exact) mass is 267 g/mol. The predicted octanol–water partition coefficient (Wildman–Crippen LogP) is 2.17. The number of aromatic nitrogens is 1. The van der Waals surface area contributed by atoms with E-state index in [0.29, 0.717) is 5.56 Å². The van der Waals surface area contributed by atoms with Gasteiger partial charge in [0, 0.05) is 5.56 Å². The van der Waals surface area contributed by atoms with Crippen molar-refractivity contribution in [2.75, 3.05) is 0 Å². The number of hydrogen-bond acceptors (Lipinski definition) is 4. The first-order chi connectivity index (χ1) is 7.18. The van der Waals surface area contributed by atoms with Gasteiger partial charge in [-0.05, 0) is 28.1 Å². The molecule has 76 valence electrons. The first-order valence-corrected chi connectivity index (χ1v) is 4.93. The SMILES string of the molecule is O=c1oc(-c2ccccc2)nc(O)c1Br. The van der Waals surface area contributed by atoms with E-state index >= 15 is 0 Å². The Kier molecular flexibility index (Phi) is 2.55. The lowest BCUT2D eigenvalue weighted by molar-refractivity contribution is 0.415. The molecular formula is C10H6BrNO3. The van der Waals surface area contributed by atoms with Gasteiger partial charge < -0.3 is 9.52 Å². The minimum atomic E-state index is -0.652. The molecule has 1 N–H and O–H groups in total. The van der Waals surface area contributed by atoms with Crippen molar-refractivity contribution in [2.24, 2.45) is 0 Å².